The van der Waals surface area contributed by atoms with E-state index in [0.29, 0.717) is 12.8 Å². The number of aliphatic hydroxyl groups excluding tert-OH is 8. The minimum Gasteiger partial charge on any atom is -0.394 e. The van der Waals surface area contributed by atoms with E-state index in [0.717, 1.165) is 64.2 Å². The first-order valence-corrected chi connectivity index (χ1v) is 27.7. The molecule has 2 aliphatic heterocycles. The fourth-order valence-corrected chi connectivity index (χ4v) is 8.63. The zero-order valence-corrected chi connectivity index (χ0v) is 43.7. The van der Waals surface area contributed by atoms with Crippen molar-refractivity contribution in [2.75, 3.05) is 19.8 Å². The van der Waals surface area contributed by atoms with Gasteiger partial charge in [-0.1, -0.05) is 177 Å². The Hall–Kier alpha value is -2.57. The Balaban J connectivity index is 1.71. The van der Waals surface area contributed by atoms with Crippen molar-refractivity contribution in [1.29, 1.82) is 0 Å². The summed E-state index contributed by atoms with van der Waals surface area (Å²) in [5.41, 5.74) is 0. The number of carbonyl (C=O) groups is 1. The van der Waals surface area contributed by atoms with Crippen molar-refractivity contribution in [2.24, 2.45) is 0 Å². The minimum atomic E-state index is -1.79. The summed E-state index contributed by atoms with van der Waals surface area (Å²) in [6.45, 7) is 2.61. The van der Waals surface area contributed by atoms with Gasteiger partial charge >= 0.3 is 0 Å². The summed E-state index contributed by atoms with van der Waals surface area (Å²) in [5.74, 6) is -0.261. The predicted molar refractivity (Wildman–Crippen MR) is 281 cm³/mol. The number of ether oxygens (including phenoxy) is 4. The number of hydrogen-bond acceptors (Lipinski definition) is 13. The second kappa shape index (κ2) is 42.8. The van der Waals surface area contributed by atoms with Gasteiger partial charge < -0.3 is 65.1 Å². The van der Waals surface area contributed by atoms with Crippen molar-refractivity contribution < 1.29 is 64.6 Å². The number of aliphatic hydroxyl groups is 8. The van der Waals surface area contributed by atoms with E-state index in [4.69, 9.17) is 18.9 Å². The molecule has 0 radical (unpaired) electrons. The molecule has 0 bridgehead atoms. The lowest BCUT2D eigenvalue weighted by molar-refractivity contribution is -0.359. The lowest BCUT2D eigenvalue weighted by Gasteiger charge is -2.46. The van der Waals surface area contributed by atoms with E-state index in [2.05, 4.69) is 79.9 Å². The van der Waals surface area contributed by atoms with E-state index < -0.39 is 86.8 Å². The van der Waals surface area contributed by atoms with Crippen LogP contribution in [0.2, 0.25) is 0 Å². The number of rotatable bonds is 42. The van der Waals surface area contributed by atoms with Crippen molar-refractivity contribution in [3.05, 3.63) is 72.9 Å². The molecule has 0 saturated carbocycles. The molecule has 0 aromatic carbocycles. The van der Waals surface area contributed by atoms with E-state index in [1.807, 2.05) is 6.08 Å². The molecule has 0 aliphatic carbocycles. The monoisotopic (exact) mass is 1010 g/mol. The lowest BCUT2D eigenvalue weighted by atomic mass is 9.97. The smallest absolute Gasteiger partial charge is 0.220 e. The van der Waals surface area contributed by atoms with Crippen LogP contribution < -0.4 is 5.32 Å². The fraction of sp³-hybridized carbons (Fsp3) is 0.772. The molecule has 12 atom stereocenters. The summed E-state index contributed by atoms with van der Waals surface area (Å²) < 4.78 is 22.6. The maximum Gasteiger partial charge on any atom is 0.220 e. The lowest BCUT2D eigenvalue weighted by Crippen LogP contribution is -2.65. The second-order valence-corrected chi connectivity index (χ2v) is 19.3. The SMILES string of the molecule is CC/C=C/CC/C=C/CC/C=C/C(O)C(COC1OC(CO)C(OC2OC(CO)C(O)C(O)C2O)C(O)C1O)NC(=O)CCCCCCCCCCCCCC/C=C\C/C=C\C/C=C\CCCCCCC. The van der Waals surface area contributed by atoms with E-state index in [-0.39, 0.29) is 18.9 Å². The average molecular weight is 1010 g/mol. The number of allylic oxidation sites excluding steroid dienone is 11. The zero-order valence-electron chi connectivity index (χ0n) is 43.7. The molecule has 71 heavy (non-hydrogen) atoms. The van der Waals surface area contributed by atoms with Gasteiger partial charge in [-0.15, -0.1) is 0 Å². The molecule has 2 fully saturated rings. The van der Waals surface area contributed by atoms with Gasteiger partial charge in [0.1, 0.15) is 48.8 Å². The average Bonchev–Trinajstić information content (AvgIpc) is 3.37. The Morgan fingerprint density at radius 2 is 0.986 bits per heavy atom. The number of carbonyl (C=O) groups excluding carboxylic acids is 1. The van der Waals surface area contributed by atoms with Gasteiger partial charge in [-0.05, 0) is 77.0 Å². The highest BCUT2D eigenvalue weighted by Gasteiger charge is 2.51. The first-order valence-electron chi connectivity index (χ1n) is 27.7. The van der Waals surface area contributed by atoms with Gasteiger partial charge in [0.25, 0.3) is 0 Å². The van der Waals surface area contributed by atoms with E-state index in [1.54, 1.807) is 6.08 Å². The highest BCUT2D eigenvalue weighted by molar-refractivity contribution is 5.76. The Morgan fingerprint density at radius 1 is 0.521 bits per heavy atom. The second-order valence-electron chi connectivity index (χ2n) is 19.3. The molecule has 2 heterocycles. The zero-order chi connectivity index (χ0) is 51.7. The quantitative estimate of drug-likeness (QED) is 0.0207. The van der Waals surface area contributed by atoms with Gasteiger partial charge in [-0.3, -0.25) is 4.79 Å². The molecule has 9 N–H and O–H groups in total. The highest BCUT2D eigenvalue weighted by atomic mass is 16.7. The highest BCUT2D eigenvalue weighted by Crippen LogP contribution is 2.30. The van der Waals surface area contributed by atoms with Crippen LogP contribution >= 0.6 is 0 Å². The van der Waals surface area contributed by atoms with Crippen LogP contribution in [0.15, 0.2) is 72.9 Å². The van der Waals surface area contributed by atoms with Crippen LogP contribution in [0.3, 0.4) is 0 Å². The van der Waals surface area contributed by atoms with Gasteiger partial charge in [-0.25, -0.2) is 0 Å². The predicted octanol–water partition coefficient (Wildman–Crippen LogP) is 8.38. The first kappa shape index (κ1) is 64.5. The van der Waals surface area contributed by atoms with Gasteiger partial charge in [0.05, 0.1) is 32.0 Å². The summed E-state index contributed by atoms with van der Waals surface area (Å²) >= 11 is 0. The van der Waals surface area contributed by atoms with Crippen molar-refractivity contribution >= 4 is 5.91 Å². The van der Waals surface area contributed by atoms with Crippen LogP contribution in [0.25, 0.3) is 0 Å². The summed E-state index contributed by atoms with van der Waals surface area (Å²) in [4.78, 5) is 13.2. The molecule has 0 aromatic rings. The third-order valence-corrected chi connectivity index (χ3v) is 13.1. The van der Waals surface area contributed by atoms with E-state index >= 15 is 0 Å². The van der Waals surface area contributed by atoms with Crippen LogP contribution in [-0.2, 0) is 23.7 Å². The molecule has 1 amide bonds. The van der Waals surface area contributed by atoms with Gasteiger partial charge in [0.15, 0.2) is 12.6 Å². The largest absolute Gasteiger partial charge is 0.394 e. The summed E-state index contributed by atoms with van der Waals surface area (Å²) in [6, 6.07) is -0.940. The maximum absolute atomic E-state index is 13.2. The molecule has 0 aromatic heterocycles. The van der Waals surface area contributed by atoms with Crippen LogP contribution in [0, 0.1) is 0 Å². The molecule has 2 aliphatic rings. The number of amides is 1. The molecule has 14 heteroatoms. The van der Waals surface area contributed by atoms with Crippen molar-refractivity contribution in [3.8, 4) is 0 Å². The third-order valence-electron chi connectivity index (χ3n) is 13.1. The molecular weight excluding hydrogens is 907 g/mol. The van der Waals surface area contributed by atoms with Crippen LogP contribution in [0.1, 0.15) is 187 Å². The van der Waals surface area contributed by atoms with Crippen molar-refractivity contribution in [2.45, 2.75) is 261 Å². The molecule has 410 valence electrons. The Bertz CT molecular complexity index is 1470. The Morgan fingerprint density at radius 3 is 1.54 bits per heavy atom. The van der Waals surface area contributed by atoms with E-state index in [9.17, 15) is 45.6 Å². The van der Waals surface area contributed by atoms with Crippen molar-refractivity contribution in [3.63, 3.8) is 0 Å². The number of hydrogen-bond donors (Lipinski definition) is 9. The molecule has 12 unspecified atom stereocenters. The van der Waals surface area contributed by atoms with Gasteiger partial charge in [0.2, 0.25) is 5.91 Å². The van der Waals surface area contributed by atoms with E-state index in [1.165, 1.54) is 89.9 Å². The molecule has 0 spiro atoms. The van der Waals surface area contributed by atoms with Crippen molar-refractivity contribution in [1.82, 2.24) is 5.32 Å². The Labute approximate surface area is 428 Å². The number of nitrogens with one attached hydrogen (secondary N) is 1. The Kier molecular flexibility index (Phi) is 38.9. The first-order chi connectivity index (χ1) is 34.6. The summed E-state index contributed by atoms with van der Waals surface area (Å²) in [6.07, 6.45) is 38.3. The third kappa shape index (κ3) is 29.2. The molecule has 2 rings (SSSR count). The van der Waals surface area contributed by atoms with Crippen LogP contribution in [0.4, 0.5) is 0 Å². The molecule has 2 saturated heterocycles. The maximum atomic E-state index is 13.2. The summed E-state index contributed by atoms with van der Waals surface area (Å²) in [5, 5.41) is 86.7. The minimum absolute atomic E-state index is 0.261. The normalized spacial score (nSPS) is 26.3. The summed E-state index contributed by atoms with van der Waals surface area (Å²) in [7, 11) is 0. The van der Waals surface area contributed by atoms with Crippen LogP contribution in [0.5, 0.6) is 0 Å². The fourth-order valence-electron chi connectivity index (χ4n) is 8.63. The van der Waals surface area contributed by atoms with Crippen LogP contribution in [-0.4, -0.2) is 140 Å². The topological polar surface area (TPSA) is 228 Å². The molecular formula is C57H99NO13. The molecule has 14 nitrogen and oxygen atoms in total. The number of unbranched alkanes of at least 4 members (excludes halogenated alkanes) is 19. The van der Waals surface area contributed by atoms with Gasteiger partial charge in [-0.2, -0.15) is 0 Å². The van der Waals surface area contributed by atoms with Gasteiger partial charge in [0, 0.05) is 6.42 Å². The standard InChI is InChI=1S/C57H99NO13/c1-3-5-7-9-11-13-15-16-17-18-19-20-21-22-23-24-25-26-27-28-29-30-31-33-35-37-39-41-49(62)58-45(46(61)40-38-36-34-32-14-12-10-8-6-4-2)44-68-56-54(67)52(65)55(48(43-60)70-56)71-57-53(66)51(64)50(63)47(42-59)69-57/h6,8,14-16,18-19,21-22,32,38,40,45-48,50-57,59-61,63-67H,3-5,7,9-13,17,20,23-31,33-37,39,41-44H2,1-2H3,(H,58,62)/b8-6+,16-15-,19-18-,22-21-,32-14+,40-38+.